The number of hydrogen-bond acceptors (Lipinski definition) is 10. The van der Waals surface area contributed by atoms with Crippen molar-refractivity contribution in [3.63, 3.8) is 0 Å². The third kappa shape index (κ3) is 6.74. The highest BCUT2D eigenvalue weighted by Crippen LogP contribution is 2.36. The summed E-state index contributed by atoms with van der Waals surface area (Å²) in [5.74, 6) is -0.907. The van der Waals surface area contributed by atoms with Gasteiger partial charge in [-0.3, -0.25) is 19.3 Å². The highest BCUT2D eigenvalue weighted by molar-refractivity contribution is 7.96. The first-order valence-corrected chi connectivity index (χ1v) is 14.7. The fraction of sp³-hybridized carbons (Fsp3) is 0.296. The zero-order valence-electron chi connectivity index (χ0n) is 23.4. The zero-order valence-corrected chi connectivity index (χ0v) is 24.2. The van der Waals surface area contributed by atoms with Crippen LogP contribution < -0.4 is 14.8 Å². The molecular weight excluding hydrogens is 583 g/mol. The standard InChI is InChI=1S/C27H29FN8O6S/c1-4-17-5-6-20(41-14-24-30-15-31-33-24)23(9-17)43(38,39)35-26-25-21(40-3)7-18(8-22(25)42-34-26)12-36-13-19(11-32-36)10-29-27(37)16(2)28/h7-9,11,13,15H,2,4-6,10,12,14H2,1,3H3,(H,29,37)(H,34,35)(H,30,31,33). The second-order valence-electron chi connectivity index (χ2n) is 9.61. The van der Waals surface area contributed by atoms with Crippen LogP contribution in [0.3, 0.4) is 0 Å². The number of carbonyl (C=O) groups is 1. The van der Waals surface area contributed by atoms with Gasteiger partial charge in [0.05, 0.1) is 19.9 Å². The minimum Gasteiger partial charge on any atom is -0.496 e. The summed E-state index contributed by atoms with van der Waals surface area (Å²) in [5, 5.41) is 17.5. The van der Waals surface area contributed by atoms with E-state index in [1.54, 1.807) is 35.3 Å². The number of amides is 1. The number of ether oxygens (including phenoxy) is 2. The Morgan fingerprint density at radius 1 is 1.28 bits per heavy atom. The molecule has 14 nitrogen and oxygen atoms in total. The van der Waals surface area contributed by atoms with Crippen LogP contribution in [-0.4, -0.2) is 51.6 Å². The largest absolute Gasteiger partial charge is 0.496 e. The molecule has 4 aromatic rings. The van der Waals surface area contributed by atoms with Gasteiger partial charge < -0.3 is 19.3 Å². The maximum absolute atomic E-state index is 13.7. The number of halogens is 1. The molecule has 1 aromatic carbocycles. The summed E-state index contributed by atoms with van der Waals surface area (Å²) in [7, 11) is -2.70. The number of anilines is 1. The minimum atomic E-state index is -4.15. The van der Waals surface area contributed by atoms with E-state index in [-0.39, 0.29) is 29.5 Å². The van der Waals surface area contributed by atoms with Crippen LogP contribution in [0.1, 0.15) is 43.1 Å². The van der Waals surface area contributed by atoms with Gasteiger partial charge in [-0.15, -0.1) is 0 Å². The first-order chi connectivity index (χ1) is 20.7. The summed E-state index contributed by atoms with van der Waals surface area (Å²) in [6.07, 6.45) is 7.97. The number of methoxy groups -OCH3 is 1. The van der Waals surface area contributed by atoms with Crippen molar-refractivity contribution in [3.05, 3.63) is 82.5 Å². The third-order valence-electron chi connectivity index (χ3n) is 6.65. The monoisotopic (exact) mass is 612 g/mol. The van der Waals surface area contributed by atoms with E-state index in [4.69, 9.17) is 14.0 Å². The van der Waals surface area contributed by atoms with Crippen LogP contribution in [0.15, 0.2) is 70.1 Å². The minimum absolute atomic E-state index is 0.00311. The molecule has 0 fully saturated rings. The van der Waals surface area contributed by atoms with Crippen molar-refractivity contribution in [1.82, 2.24) is 35.4 Å². The van der Waals surface area contributed by atoms with Gasteiger partial charge in [-0.2, -0.15) is 10.2 Å². The molecule has 3 aromatic heterocycles. The summed E-state index contributed by atoms with van der Waals surface area (Å²) < 4.78 is 61.3. The van der Waals surface area contributed by atoms with Crippen LogP contribution in [0.2, 0.25) is 0 Å². The predicted molar refractivity (Wildman–Crippen MR) is 152 cm³/mol. The SMILES string of the molecule is C=C(F)C(=O)NCc1cnn(Cc2cc(OC)c3c(NS(=O)(=O)C4=C(OCc5ncn[nH]5)CCC(CC)=C4)noc3c2)c1. The van der Waals surface area contributed by atoms with Gasteiger partial charge in [0.2, 0.25) is 0 Å². The van der Waals surface area contributed by atoms with E-state index in [1.807, 2.05) is 6.92 Å². The van der Waals surface area contributed by atoms with Gasteiger partial charge in [-0.25, -0.2) is 17.8 Å². The lowest BCUT2D eigenvalue weighted by molar-refractivity contribution is -0.119. The number of benzene rings is 1. The molecular formula is C27H29FN8O6S. The molecule has 1 amide bonds. The van der Waals surface area contributed by atoms with Gasteiger partial charge in [0.15, 0.2) is 23.1 Å². The first kappa shape index (κ1) is 29.5. The van der Waals surface area contributed by atoms with Crippen molar-refractivity contribution in [2.45, 2.75) is 45.9 Å². The lowest BCUT2D eigenvalue weighted by Gasteiger charge is -2.20. The van der Waals surface area contributed by atoms with Gasteiger partial charge in [0.25, 0.3) is 15.9 Å². The average molecular weight is 613 g/mol. The number of H-pyrrole nitrogens is 1. The molecule has 1 aliphatic rings. The maximum atomic E-state index is 13.7. The summed E-state index contributed by atoms with van der Waals surface area (Å²) in [5.41, 5.74) is 2.63. The lowest BCUT2D eigenvalue weighted by atomic mass is 10.0. The number of rotatable bonds is 13. The molecule has 0 bridgehead atoms. The Balaban J connectivity index is 1.38. The quantitative estimate of drug-likeness (QED) is 0.189. The number of nitrogens with one attached hydrogen (secondary N) is 3. The molecule has 3 heterocycles. The molecule has 0 unspecified atom stereocenters. The molecule has 43 heavy (non-hydrogen) atoms. The number of carbonyl (C=O) groups excluding carboxylic acids is 1. The molecule has 16 heteroatoms. The van der Waals surface area contributed by atoms with Gasteiger partial charge in [-0.05, 0) is 36.6 Å². The molecule has 0 radical (unpaired) electrons. The molecule has 5 rings (SSSR count). The molecule has 0 saturated carbocycles. The normalized spacial score (nSPS) is 13.6. The number of allylic oxidation sites excluding steroid dienone is 3. The van der Waals surface area contributed by atoms with E-state index in [2.05, 4.69) is 42.1 Å². The fourth-order valence-electron chi connectivity index (χ4n) is 4.48. The molecule has 0 saturated heterocycles. The highest BCUT2D eigenvalue weighted by atomic mass is 32.2. The fourth-order valence-corrected chi connectivity index (χ4v) is 5.77. The summed E-state index contributed by atoms with van der Waals surface area (Å²) in [6.45, 7) is 5.33. The van der Waals surface area contributed by atoms with Crippen LogP contribution in [0.5, 0.6) is 5.75 Å². The van der Waals surface area contributed by atoms with Crippen LogP contribution in [0, 0.1) is 0 Å². The van der Waals surface area contributed by atoms with Crippen LogP contribution in [0.4, 0.5) is 10.2 Å². The Hall–Kier alpha value is -4.99. The summed E-state index contributed by atoms with van der Waals surface area (Å²) >= 11 is 0. The van der Waals surface area contributed by atoms with Crippen LogP contribution in [0.25, 0.3) is 11.0 Å². The molecule has 1 aliphatic carbocycles. The van der Waals surface area contributed by atoms with Crippen molar-refractivity contribution in [3.8, 4) is 5.75 Å². The topological polar surface area (TPSA) is 179 Å². The zero-order chi connectivity index (χ0) is 30.6. The summed E-state index contributed by atoms with van der Waals surface area (Å²) in [4.78, 5) is 15.4. The van der Waals surface area contributed by atoms with E-state index in [0.29, 0.717) is 54.1 Å². The molecule has 226 valence electrons. The Kier molecular flexibility index (Phi) is 8.56. The van der Waals surface area contributed by atoms with Crippen molar-refractivity contribution in [2.75, 3.05) is 11.8 Å². The number of fused-ring (bicyclic) bond motifs is 1. The van der Waals surface area contributed by atoms with E-state index in [1.165, 1.54) is 13.4 Å². The first-order valence-electron chi connectivity index (χ1n) is 13.2. The van der Waals surface area contributed by atoms with E-state index in [0.717, 1.165) is 11.1 Å². The molecule has 0 atom stereocenters. The van der Waals surface area contributed by atoms with Gasteiger partial charge in [0, 0.05) is 24.7 Å². The van der Waals surface area contributed by atoms with Crippen LogP contribution >= 0.6 is 0 Å². The van der Waals surface area contributed by atoms with Crippen molar-refractivity contribution in [2.24, 2.45) is 0 Å². The number of aromatic nitrogens is 6. The average Bonchev–Trinajstić information content (AvgIpc) is 3.76. The van der Waals surface area contributed by atoms with Crippen LogP contribution in [-0.2, 0) is 39.3 Å². The number of nitrogens with zero attached hydrogens (tertiary/aromatic N) is 5. The van der Waals surface area contributed by atoms with Crippen molar-refractivity contribution < 1.29 is 31.6 Å². The Morgan fingerprint density at radius 3 is 2.84 bits per heavy atom. The Labute approximate surface area is 245 Å². The van der Waals surface area contributed by atoms with Gasteiger partial charge in [-0.1, -0.05) is 24.2 Å². The second kappa shape index (κ2) is 12.5. The van der Waals surface area contributed by atoms with Gasteiger partial charge >= 0.3 is 0 Å². The highest BCUT2D eigenvalue weighted by Gasteiger charge is 2.28. The summed E-state index contributed by atoms with van der Waals surface area (Å²) in [6, 6.07) is 3.41. The third-order valence-corrected chi connectivity index (χ3v) is 8.04. The number of hydrogen-bond donors (Lipinski definition) is 3. The van der Waals surface area contributed by atoms with Crippen molar-refractivity contribution in [1.29, 1.82) is 0 Å². The molecule has 3 N–H and O–H groups in total. The van der Waals surface area contributed by atoms with E-state index < -0.39 is 21.8 Å². The molecule has 0 aliphatic heterocycles. The number of aromatic amines is 1. The Morgan fingerprint density at radius 2 is 2.12 bits per heavy atom. The van der Waals surface area contributed by atoms with E-state index in [9.17, 15) is 17.6 Å². The smallest absolute Gasteiger partial charge is 0.279 e. The van der Waals surface area contributed by atoms with E-state index >= 15 is 0 Å². The lowest BCUT2D eigenvalue weighted by Crippen LogP contribution is -2.22. The molecule has 0 spiro atoms. The van der Waals surface area contributed by atoms with Crippen molar-refractivity contribution >= 4 is 32.7 Å². The Bertz CT molecular complexity index is 1820. The number of sulfonamides is 1. The second-order valence-corrected chi connectivity index (χ2v) is 11.3. The maximum Gasteiger partial charge on any atom is 0.279 e. The predicted octanol–water partition coefficient (Wildman–Crippen LogP) is 3.60. The van der Waals surface area contributed by atoms with Gasteiger partial charge in [0.1, 0.15) is 34.7 Å².